The van der Waals surface area contributed by atoms with Crippen LogP contribution in [0.25, 0.3) is 0 Å². The molecule has 9 nitrogen and oxygen atoms in total. The molecule has 0 fully saturated rings. The molecule has 0 aliphatic carbocycles. The molecule has 3 aromatic carbocycles. The highest BCUT2D eigenvalue weighted by molar-refractivity contribution is 9.10. The number of carbonyl (C=O) groups is 1. The first-order valence-corrected chi connectivity index (χ1v) is 14.8. The van der Waals surface area contributed by atoms with E-state index in [0.717, 1.165) is 9.20 Å². The van der Waals surface area contributed by atoms with E-state index in [9.17, 15) is 13.2 Å². The molecule has 1 N–H and O–H groups in total. The Hall–Kier alpha value is -3.22. The quantitative estimate of drug-likeness (QED) is 0.173. The van der Waals surface area contributed by atoms with E-state index in [-0.39, 0.29) is 4.90 Å². The first-order valence-electron chi connectivity index (χ1n) is 11.4. The Morgan fingerprint density at radius 1 is 1.08 bits per heavy atom. The standard InChI is InChI=1S/C26H28BrN3O6S2/c1-5-36-20-8-6-19(7-9-20)30(38(32,33)22-12-10-21(37-4)11-13-22)17-25(31)29-28-16-18-14-23(27)26(35-3)24(15-18)34-2/h6-16H,5,17H2,1-4H3,(H,29,31)/b28-16-. The van der Waals surface area contributed by atoms with Gasteiger partial charge in [-0.15, -0.1) is 11.8 Å². The van der Waals surface area contributed by atoms with Crippen molar-refractivity contribution in [3.05, 3.63) is 70.7 Å². The molecule has 38 heavy (non-hydrogen) atoms. The summed E-state index contributed by atoms with van der Waals surface area (Å²) in [5.74, 6) is 0.970. The van der Waals surface area contributed by atoms with Crippen LogP contribution in [0.2, 0.25) is 0 Å². The van der Waals surface area contributed by atoms with Crippen molar-refractivity contribution in [1.82, 2.24) is 5.43 Å². The number of ether oxygens (including phenoxy) is 3. The summed E-state index contributed by atoms with van der Waals surface area (Å²) in [6, 6.07) is 16.4. The minimum Gasteiger partial charge on any atom is -0.494 e. The van der Waals surface area contributed by atoms with Gasteiger partial charge in [-0.25, -0.2) is 13.8 Å². The maximum atomic E-state index is 13.6. The van der Waals surface area contributed by atoms with E-state index < -0.39 is 22.5 Å². The minimum atomic E-state index is -4.06. The average Bonchev–Trinajstić information content (AvgIpc) is 2.92. The van der Waals surface area contributed by atoms with Crippen LogP contribution >= 0.6 is 27.7 Å². The predicted molar refractivity (Wildman–Crippen MR) is 153 cm³/mol. The number of halogens is 1. The normalized spacial score (nSPS) is 11.3. The van der Waals surface area contributed by atoms with Crippen LogP contribution in [0.1, 0.15) is 12.5 Å². The molecule has 0 radical (unpaired) electrons. The molecule has 12 heteroatoms. The molecule has 0 unspecified atom stereocenters. The minimum absolute atomic E-state index is 0.0654. The molecule has 0 aliphatic heterocycles. The molecule has 0 saturated carbocycles. The zero-order valence-electron chi connectivity index (χ0n) is 21.3. The van der Waals surface area contributed by atoms with Gasteiger partial charge in [-0.3, -0.25) is 9.10 Å². The fourth-order valence-electron chi connectivity index (χ4n) is 3.42. The fourth-order valence-corrected chi connectivity index (χ4v) is 5.87. The van der Waals surface area contributed by atoms with Gasteiger partial charge in [0, 0.05) is 4.90 Å². The average molecular weight is 623 g/mol. The largest absolute Gasteiger partial charge is 0.494 e. The van der Waals surface area contributed by atoms with Crippen molar-refractivity contribution in [2.75, 3.05) is 37.9 Å². The topological polar surface area (TPSA) is 107 Å². The third-order valence-corrected chi connectivity index (χ3v) is 8.35. The van der Waals surface area contributed by atoms with E-state index in [1.807, 2.05) is 13.2 Å². The second-order valence-corrected chi connectivity index (χ2v) is 11.2. The lowest BCUT2D eigenvalue weighted by molar-refractivity contribution is -0.119. The molecule has 0 bridgehead atoms. The van der Waals surface area contributed by atoms with Gasteiger partial charge < -0.3 is 14.2 Å². The van der Waals surface area contributed by atoms with Crippen LogP contribution in [-0.4, -0.2) is 54.2 Å². The van der Waals surface area contributed by atoms with Gasteiger partial charge in [-0.1, -0.05) is 0 Å². The van der Waals surface area contributed by atoms with Crippen molar-refractivity contribution in [2.24, 2.45) is 5.10 Å². The van der Waals surface area contributed by atoms with E-state index in [1.165, 1.54) is 44.3 Å². The molecule has 3 aromatic rings. The first kappa shape index (κ1) is 29.3. The highest BCUT2D eigenvalue weighted by Gasteiger charge is 2.27. The van der Waals surface area contributed by atoms with Crippen LogP contribution in [0.4, 0.5) is 5.69 Å². The summed E-state index contributed by atoms with van der Waals surface area (Å²) in [6.07, 6.45) is 3.32. The van der Waals surface area contributed by atoms with Crippen LogP contribution in [-0.2, 0) is 14.8 Å². The van der Waals surface area contributed by atoms with Crippen LogP contribution < -0.4 is 23.9 Å². The van der Waals surface area contributed by atoms with Gasteiger partial charge >= 0.3 is 0 Å². The number of methoxy groups -OCH3 is 2. The maximum absolute atomic E-state index is 13.6. The number of sulfonamides is 1. The maximum Gasteiger partial charge on any atom is 0.264 e. The van der Waals surface area contributed by atoms with Crippen LogP contribution in [0.15, 0.2) is 80.0 Å². The van der Waals surface area contributed by atoms with E-state index in [1.54, 1.807) is 48.5 Å². The van der Waals surface area contributed by atoms with Crippen molar-refractivity contribution in [3.63, 3.8) is 0 Å². The molecule has 0 saturated heterocycles. The van der Waals surface area contributed by atoms with Crippen molar-refractivity contribution in [2.45, 2.75) is 16.7 Å². The number of nitrogens with zero attached hydrogens (tertiary/aromatic N) is 2. The summed E-state index contributed by atoms with van der Waals surface area (Å²) in [7, 11) is -1.03. The van der Waals surface area contributed by atoms with Crippen LogP contribution in [0.5, 0.6) is 17.2 Å². The zero-order valence-corrected chi connectivity index (χ0v) is 24.5. The van der Waals surface area contributed by atoms with Crippen LogP contribution in [0.3, 0.4) is 0 Å². The number of benzene rings is 3. The van der Waals surface area contributed by atoms with Gasteiger partial charge in [-0.2, -0.15) is 5.10 Å². The van der Waals surface area contributed by atoms with Gasteiger partial charge in [0.1, 0.15) is 12.3 Å². The molecule has 0 heterocycles. The number of hydrazone groups is 1. The van der Waals surface area contributed by atoms with Gasteiger partial charge in [0.05, 0.1) is 42.1 Å². The third-order valence-electron chi connectivity index (χ3n) is 5.23. The van der Waals surface area contributed by atoms with Gasteiger partial charge in [0.2, 0.25) is 0 Å². The lowest BCUT2D eigenvalue weighted by Gasteiger charge is -2.24. The van der Waals surface area contributed by atoms with Crippen molar-refractivity contribution in [1.29, 1.82) is 0 Å². The highest BCUT2D eigenvalue weighted by Crippen LogP contribution is 2.35. The van der Waals surface area contributed by atoms with Gasteiger partial charge in [0.15, 0.2) is 11.5 Å². The summed E-state index contributed by atoms with van der Waals surface area (Å²) >= 11 is 4.91. The number of hydrogen-bond donors (Lipinski definition) is 1. The summed E-state index contributed by atoms with van der Waals surface area (Å²) in [5, 5.41) is 3.99. The lowest BCUT2D eigenvalue weighted by atomic mass is 10.2. The van der Waals surface area contributed by atoms with Crippen LogP contribution in [0, 0.1) is 0 Å². The van der Waals surface area contributed by atoms with Gasteiger partial charge in [-0.05, 0) is 95.3 Å². The molecule has 0 spiro atoms. The van der Waals surface area contributed by atoms with Gasteiger partial charge in [0.25, 0.3) is 15.9 Å². The Bertz CT molecular complexity index is 1380. The summed E-state index contributed by atoms with van der Waals surface area (Å²) in [6.45, 7) is 1.84. The summed E-state index contributed by atoms with van der Waals surface area (Å²) < 4.78 is 44.9. The number of rotatable bonds is 12. The Kier molecular flexibility index (Phi) is 10.5. The number of thioether (sulfide) groups is 1. The number of carbonyl (C=O) groups excluding carboxylic acids is 1. The Morgan fingerprint density at radius 2 is 1.76 bits per heavy atom. The fraction of sp³-hybridized carbons (Fsp3) is 0.231. The van der Waals surface area contributed by atoms with E-state index >= 15 is 0 Å². The SMILES string of the molecule is CCOc1ccc(N(CC(=O)N/N=C\c2cc(Br)c(OC)c(OC)c2)S(=O)(=O)c2ccc(SC)cc2)cc1. The first-order chi connectivity index (χ1) is 18.2. The molecule has 0 atom stereocenters. The molecule has 3 rings (SSSR count). The molecule has 0 aliphatic rings. The second kappa shape index (κ2) is 13.5. The predicted octanol–water partition coefficient (Wildman–Crippen LogP) is 4.93. The Morgan fingerprint density at radius 3 is 2.34 bits per heavy atom. The summed E-state index contributed by atoms with van der Waals surface area (Å²) in [5.41, 5.74) is 3.33. The zero-order chi connectivity index (χ0) is 27.7. The number of nitrogens with one attached hydrogen (secondary N) is 1. The number of hydrogen-bond acceptors (Lipinski definition) is 8. The van der Waals surface area contributed by atoms with E-state index in [0.29, 0.717) is 39.6 Å². The third kappa shape index (κ3) is 7.21. The number of anilines is 1. The second-order valence-electron chi connectivity index (χ2n) is 7.65. The number of amides is 1. The Balaban J connectivity index is 1.85. The smallest absolute Gasteiger partial charge is 0.264 e. The molecular formula is C26H28BrN3O6S2. The van der Waals surface area contributed by atoms with Crippen molar-refractivity contribution >= 4 is 55.5 Å². The van der Waals surface area contributed by atoms with E-state index in [4.69, 9.17) is 14.2 Å². The molecule has 1 amide bonds. The highest BCUT2D eigenvalue weighted by atomic mass is 79.9. The Labute approximate surface area is 235 Å². The molecule has 0 aromatic heterocycles. The monoisotopic (exact) mass is 621 g/mol. The molecule has 202 valence electrons. The molecular weight excluding hydrogens is 594 g/mol. The van der Waals surface area contributed by atoms with Crippen molar-refractivity contribution < 1.29 is 27.4 Å². The summed E-state index contributed by atoms with van der Waals surface area (Å²) in [4.78, 5) is 13.8. The van der Waals surface area contributed by atoms with Crippen molar-refractivity contribution in [3.8, 4) is 17.2 Å². The van der Waals surface area contributed by atoms with E-state index in [2.05, 4.69) is 26.5 Å². The lowest BCUT2D eigenvalue weighted by Crippen LogP contribution is -2.39.